The van der Waals surface area contributed by atoms with Crippen LogP contribution in [0, 0.1) is 5.92 Å². The SMILES string of the molecule is C=CC(=O)OC(=O)CC(C)C(=O)OCCCC. The van der Waals surface area contributed by atoms with Crippen molar-refractivity contribution in [2.75, 3.05) is 6.61 Å². The second kappa shape index (κ2) is 8.50. The summed E-state index contributed by atoms with van der Waals surface area (Å²) in [6, 6.07) is 0. The largest absolute Gasteiger partial charge is 0.465 e. The van der Waals surface area contributed by atoms with Gasteiger partial charge in [-0.15, -0.1) is 0 Å². The molecule has 0 saturated heterocycles. The van der Waals surface area contributed by atoms with Crippen LogP contribution in [0.15, 0.2) is 12.7 Å². The summed E-state index contributed by atoms with van der Waals surface area (Å²) >= 11 is 0. The number of hydrogen-bond acceptors (Lipinski definition) is 5. The molecule has 1 atom stereocenters. The first-order chi connectivity index (χ1) is 8.01. The fraction of sp³-hybridized carbons (Fsp3) is 0.583. The molecule has 96 valence electrons. The number of ether oxygens (including phenoxy) is 2. The van der Waals surface area contributed by atoms with E-state index >= 15 is 0 Å². The molecule has 0 heterocycles. The molecule has 0 rings (SSSR count). The lowest BCUT2D eigenvalue weighted by Crippen LogP contribution is -2.21. The molecule has 0 aromatic heterocycles. The van der Waals surface area contributed by atoms with E-state index in [9.17, 15) is 14.4 Å². The standard InChI is InChI=1S/C12H18O5/c1-4-6-7-16-12(15)9(3)8-11(14)17-10(13)5-2/h5,9H,2,4,6-8H2,1,3H3. The van der Waals surface area contributed by atoms with E-state index in [1.165, 1.54) is 0 Å². The summed E-state index contributed by atoms with van der Waals surface area (Å²) in [7, 11) is 0. The Bertz CT molecular complexity index is 295. The first kappa shape index (κ1) is 15.3. The van der Waals surface area contributed by atoms with Crippen LogP contribution in [0.2, 0.25) is 0 Å². The van der Waals surface area contributed by atoms with Gasteiger partial charge < -0.3 is 9.47 Å². The molecule has 0 spiro atoms. The van der Waals surface area contributed by atoms with Crippen LogP contribution in [-0.4, -0.2) is 24.5 Å². The Labute approximate surface area is 101 Å². The van der Waals surface area contributed by atoms with Crippen molar-refractivity contribution in [3.8, 4) is 0 Å². The Hall–Kier alpha value is -1.65. The molecule has 0 aliphatic heterocycles. The van der Waals surface area contributed by atoms with E-state index in [1.54, 1.807) is 6.92 Å². The molecule has 0 aromatic rings. The third-order valence-corrected chi connectivity index (χ3v) is 2.00. The maximum atomic E-state index is 11.4. The molecule has 0 aromatic carbocycles. The molecule has 0 bridgehead atoms. The quantitative estimate of drug-likeness (QED) is 0.293. The maximum Gasteiger partial charge on any atom is 0.337 e. The van der Waals surface area contributed by atoms with Crippen molar-refractivity contribution in [3.63, 3.8) is 0 Å². The minimum atomic E-state index is -0.818. The second-order valence-corrected chi connectivity index (χ2v) is 3.62. The molecule has 0 aliphatic carbocycles. The minimum Gasteiger partial charge on any atom is -0.465 e. The second-order valence-electron chi connectivity index (χ2n) is 3.62. The number of carbonyl (C=O) groups is 3. The summed E-state index contributed by atoms with van der Waals surface area (Å²) in [5.74, 6) is -2.64. The van der Waals surface area contributed by atoms with Gasteiger partial charge in [0.05, 0.1) is 18.9 Å². The van der Waals surface area contributed by atoms with Crippen LogP contribution < -0.4 is 0 Å². The van der Waals surface area contributed by atoms with Gasteiger partial charge >= 0.3 is 17.9 Å². The van der Waals surface area contributed by atoms with Gasteiger partial charge in [-0.3, -0.25) is 9.59 Å². The molecule has 0 aliphatic rings. The van der Waals surface area contributed by atoms with E-state index in [0.29, 0.717) is 6.61 Å². The Balaban J connectivity index is 3.94. The smallest absolute Gasteiger partial charge is 0.337 e. The minimum absolute atomic E-state index is 0.176. The fourth-order valence-electron chi connectivity index (χ4n) is 0.988. The Morgan fingerprint density at radius 2 is 2.00 bits per heavy atom. The average Bonchev–Trinajstić information content (AvgIpc) is 2.28. The topological polar surface area (TPSA) is 69.7 Å². The molecule has 17 heavy (non-hydrogen) atoms. The number of esters is 3. The predicted molar refractivity (Wildman–Crippen MR) is 60.9 cm³/mol. The Morgan fingerprint density at radius 1 is 1.35 bits per heavy atom. The average molecular weight is 242 g/mol. The van der Waals surface area contributed by atoms with Gasteiger partial charge in [-0.05, 0) is 6.42 Å². The van der Waals surface area contributed by atoms with E-state index in [0.717, 1.165) is 18.9 Å². The van der Waals surface area contributed by atoms with E-state index in [1.807, 2.05) is 6.92 Å². The normalized spacial score (nSPS) is 11.4. The lowest BCUT2D eigenvalue weighted by molar-refractivity contribution is -0.160. The highest BCUT2D eigenvalue weighted by molar-refractivity contribution is 5.92. The van der Waals surface area contributed by atoms with Crippen LogP contribution in [0.5, 0.6) is 0 Å². The van der Waals surface area contributed by atoms with Gasteiger partial charge in [0.15, 0.2) is 0 Å². The van der Waals surface area contributed by atoms with Crippen molar-refractivity contribution in [3.05, 3.63) is 12.7 Å². The monoisotopic (exact) mass is 242 g/mol. The van der Waals surface area contributed by atoms with Crippen LogP contribution in [0.4, 0.5) is 0 Å². The molecule has 5 heteroatoms. The zero-order valence-corrected chi connectivity index (χ0v) is 10.2. The predicted octanol–water partition coefficient (Wildman–Crippen LogP) is 1.61. The number of unbranched alkanes of at least 4 members (excludes halogenated alkanes) is 1. The molecule has 5 nitrogen and oxygen atoms in total. The molecular formula is C12H18O5. The Morgan fingerprint density at radius 3 is 2.53 bits per heavy atom. The van der Waals surface area contributed by atoms with Crippen LogP contribution in [0.3, 0.4) is 0 Å². The van der Waals surface area contributed by atoms with Crippen LogP contribution >= 0.6 is 0 Å². The van der Waals surface area contributed by atoms with Gasteiger partial charge in [-0.25, -0.2) is 4.79 Å². The van der Waals surface area contributed by atoms with Crippen molar-refractivity contribution < 1.29 is 23.9 Å². The highest BCUT2D eigenvalue weighted by Crippen LogP contribution is 2.07. The fourth-order valence-corrected chi connectivity index (χ4v) is 0.988. The van der Waals surface area contributed by atoms with Gasteiger partial charge in [0.2, 0.25) is 0 Å². The van der Waals surface area contributed by atoms with E-state index < -0.39 is 23.8 Å². The zero-order chi connectivity index (χ0) is 13.3. The van der Waals surface area contributed by atoms with Gasteiger partial charge in [-0.1, -0.05) is 26.8 Å². The first-order valence-electron chi connectivity index (χ1n) is 5.55. The van der Waals surface area contributed by atoms with Crippen molar-refractivity contribution in [2.45, 2.75) is 33.1 Å². The van der Waals surface area contributed by atoms with Crippen molar-refractivity contribution in [2.24, 2.45) is 5.92 Å². The van der Waals surface area contributed by atoms with Crippen LogP contribution in [0.25, 0.3) is 0 Å². The van der Waals surface area contributed by atoms with Crippen molar-refractivity contribution >= 4 is 17.9 Å². The summed E-state index contributed by atoms with van der Waals surface area (Å²) in [4.78, 5) is 33.2. The van der Waals surface area contributed by atoms with Gasteiger partial charge in [-0.2, -0.15) is 0 Å². The Kier molecular flexibility index (Phi) is 7.67. The highest BCUT2D eigenvalue weighted by atomic mass is 16.6. The number of carbonyl (C=O) groups excluding carboxylic acids is 3. The third kappa shape index (κ3) is 7.27. The summed E-state index contributed by atoms with van der Waals surface area (Å²) in [6.07, 6.45) is 2.43. The van der Waals surface area contributed by atoms with E-state index in [4.69, 9.17) is 4.74 Å². The lowest BCUT2D eigenvalue weighted by atomic mass is 10.1. The highest BCUT2D eigenvalue weighted by Gasteiger charge is 2.20. The lowest BCUT2D eigenvalue weighted by Gasteiger charge is -2.09. The molecule has 0 fully saturated rings. The van der Waals surface area contributed by atoms with Gasteiger partial charge in [0.1, 0.15) is 0 Å². The summed E-state index contributed by atoms with van der Waals surface area (Å²) in [5, 5.41) is 0. The molecule has 0 N–H and O–H groups in total. The molecule has 0 radical (unpaired) electrons. The molecular weight excluding hydrogens is 224 g/mol. The molecule has 0 saturated carbocycles. The van der Waals surface area contributed by atoms with Gasteiger partial charge in [0, 0.05) is 6.08 Å². The number of rotatable bonds is 7. The summed E-state index contributed by atoms with van der Waals surface area (Å²) in [6.45, 7) is 7.04. The first-order valence-corrected chi connectivity index (χ1v) is 5.55. The zero-order valence-electron chi connectivity index (χ0n) is 10.2. The summed E-state index contributed by atoms with van der Waals surface area (Å²) in [5.41, 5.74) is 0. The van der Waals surface area contributed by atoms with Crippen molar-refractivity contribution in [1.82, 2.24) is 0 Å². The number of hydrogen-bond donors (Lipinski definition) is 0. The maximum absolute atomic E-state index is 11.4. The van der Waals surface area contributed by atoms with E-state index in [-0.39, 0.29) is 6.42 Å². The van der Waals surface area contributed by atoms with Crippen LogP contribution in [0.1, 0.15) is 33.1 Å². The van der Waals surface area contributed by atoms with Crippen molar-refractivity contribution in [1.29, 1.82) is 0 Å². The summed E-state index contributed by atoms with van der Waals surface area (Å²) < 4.78 is 9.27. The molecule has 0 amide bonds. The van der Waals surface area contributed by atoms with E-state index in [2.05, 4.69) is 11.3 Å². The van der Waals surface area contributed by atoms with Crippen LogP contribution in [-0.2, 0) is 23.9 Å². The third-order valence-electron chi connectivity index (χ3n) is 2.00. The van der Waals surface area contributed by atoms with Gasteiger partial charge in [0.25, 0.3) is 0 Å². The molecule has 1 unspecified atom stereocenters.